The lowest BCUT2D eigenvalue weighted by Crippen LogP contribution is -2.49. The Labute approximate surface area is 78.6 Å². The van der Waals surface area contributed by atoms with Gasteiger partial charge in [0.1, 0.15) is 0 Å². The van der Waals surface area contributed by atoms with Crippen LogP contribution in [0.3, 0.4) is 0 Å². The molecule has 0 aliphatic carbocycles. The van der Waals surface area contributed by atoms with Crippen LogP contribution in [0.4, 0.5) is 4.79 Å². The molecule has 1 amide bonds. The third-order valence-corrected chi connectivity index (χ3v) is 2.28. The van der Waals surface area contributed by atoms with Crippen molar-refractivity contribution < 1.29 is 14.3 Å². The summed E-state index contributed by atoms with van der Waals surface area (Å²) in [5.41, 5.74) is -0.148. The van der Waals surface area contributed by atoms with Crippen molar-refractivity contribution in [3.63, 3.8) is 0 Å². The highest BCUT2D eigenvalue weighted by molar-refractivity contribution is 5.68. The van der Waals surface area contributed by atoms with Crippen LogP contribution in [0.1, 0.15) is 26.7 Å². The normalized spacial score (nSPS) is 20.8. The first-order chi connectivity index (χ1) is 6.16. The molecule has 0 aromatic heterocycles. The first kappa shape index (κ1) is 10.3. The van der Waals surface area contributed by atoms with E-state index < -0.39 is 0 Å². The molecule has 0 spiro atoms. The zero-order chi connectivity index (χ0) is 9.73. The summed E-state index contributed by atoms with van der Waals surface area (Å²) in [7, 11) is 0. The van der Waals surface area contributed by atoms with Gasteiger partial charge in [0.05, 0.1) is 6.61 Å². The van der Waals surface area contributed by atoms with Crippen LogP contribution in [-0.4, -0.2) is 31.5 Å². The lowest BCUT2D eigenvalue weighted by Gasteiger charge is -2.33. The van der Waals surface area contributed by atoms with Crippen LogP contribution in [-0.2, 0) is 9.47 Å². The summed E-state index contributed by atoms with van der Waals surface area (Å²) in [6.45, 7) is 5.66. The zero-order valence-electron chi connectivity index (χ0n) is 8.26. The molecule has 0 aromatic carbocycles. The molecule has 1 saturated heterocycles. The Morgan fingerprint density at radius 1 is 1.54 bits per heavy atom. The number of hydrogen-bond donors (Lipinski definition) is 1. The molecule has 0 atom stereocenters. The Morgan fingerprint density at radius 2 is 2.15 bits per heavy atom. The Bertz CT molecular complexity index is 176. The quantitative estimate of drug-likeness (QED) is 0.708. The van der Waals surface area contributed by atoms with Crippen molar-refractivity contribution in [2.24, 2.45) is 0 Å². The molecule has 0 unspecified atom stereocenters. The number of ether oxygens (including phenoxy) is 2. The second-order valence-electron chi connectivity index (χ2n) is 3.52. The van der Waals surface area contributed by atoms with Gasteiger partial charge in [0.2, 0.25) is 0 Å². The first-order valence-electron chi connectivity index (χ1n) is 4.69. The Morgan fingerprint density at radius 3 is 2.69 bits per heavy atom. The van der Waals surface area contributed by atoms with Crippen molar-refractivity contribution in [1.29, 1.82) is 0 Å². The van der Waals surface area contributed by atoms with E-state index in [1.54, 1.807) is 6.92 Å². The standard InChI is InChI=1S/C9H17NO3/c1-3-13-8(11)10-9(2)4-6-12-7-5-9/h3-7H2,1-2H3,(H,10,11). The van der Waals surface area contributed by atoms with Crippen LogP contribution >= 0.6 is 0 Å². The van der Waals surface area contributed by atoms with Crippen molar-refractivity contribution in [1.82, 2.24) is 5.32 Å². The van der Waals surface area contributed by atoms with Gasteiger partial charge < -0.3 is 14.8 Å². The fourth-order valence-electron chi connectivity index (χ4n) is 1.36. The molecule has 76 valence electrons. The minimum absolute atomic E-state index is 0.148. The highest BCUT2D eigenvalue weighted by Crippen LogP contribution is 2.19. The van der Waals surface area contributed by atoms with Crippen molar-refractivity contribution >= 4 is 6.09 Å². The average molecular weight is 187 g/mol. The molecule has 13 heavy (non-hydrogen) atoms. The molecule has 1 aliphatic heterocycles. The van der Waals surface area contributed by atoms with E-state index in [1.165, 1.54) is 0 Å². The number of rotatable bonds is 2. The molecule has 0 bridgehead atoms. The number of nitrogens with one attached hydrogen (secondary N) is 1. The van der Waals surface area contributed by atoms with Crippen molar-refractivity contribution in [3.05, 3.63) is 0 Å². The lowest BCUT2D eigenvalue weighted by atomic mass is 9.93. The monoisotopic (exact) mass is 187 g/mol. The van der Waals surface area contributed by atoms with Crippen LogP contribution in [0.25, 0.3) is 0 Å². The van der Waals surface area contributed by atoms with Crippen LogP contribution < -0.4 is 5.32 Å². The molecular weight excluding hydrogens is 170 g/mol. The lowest BCUT2D eigenvalue weighted by molar-refractivity contribution is 0.0426. The molecule has 1 N–H and O–H groups in total. The predicted molar refractivity (Wildman–Crippen MR) is 48.6 cm³/mol. The summed E-state index contributed by atoms with van der Waals surface area (Å²) in [5, 5.41) is 2.86. The fourth-order valence-corrected chi connectivity index (χ4v) is 1.36. The van der Waals surface area contributed by atoms with E-state index in [2.05, 4.69) is 5.32 Å². The zero-order valence-corrected chi connectivity index (χ0v) is 8.26. The highest BCUT2D eigenvalue weighted by atomic mass is 16.5. The van der Waals surface area contributed by atoms with Crippen LogP contribution in [0, 0.1) is 0 Å². The van der Waals surface area contributed by atoms with E-state index in [0.717, 1.165) is 12.8 Å². The maximum atomic E-state index is 11.1. The van der Waals surface area contributed by atoms with Crippen LogP contribution in [0.5, 0.6) is 0 Å². The molecule has 0 radical (unpaired) electrons. The summed E-state index contributed by atoms with van der Waals surface area (Å²) in [4.78, 5) is 11.1. The molecule has 1 fully saturated rings. The minimum atomic E-state index is -0.327. The van der Waals surface area contributed by atoms with E-state index in [0.29, 0.717) is 19.8 Å². The van der Waals surface area contributed by atoms with Gasteiger partial charge in [-0.05, 0) is 26.7 Å². The van der Waals surface area contributed by atoms with Crippen molar-refractivity contribution in [2.75, 3.05) is 19.8 Å². The molecular formula is C9H17NO3. The third kappa shape index (κ3) is 3.22. The van der Waals surface area contributed by atoms with Gasteiger partial charge in [-0.2, -0.15) is 0 Å². The van der Waals surface area contributed by atoms with Gasteiger partial charge in [-0.25, -0.2) is 4.79 Å². The first-order valence-corrected chi connectivity index (χ1v) is 4.69. The highest BCUT2D eigenvalue weighted by Gasteiger charge is 2.29. The Hall–Kier alpha value is -0.770. The molecule has 1 aliphatic rings. The smallest absolute Gasteiger partial charge is 0.407 e. The summed E-state index contributed by atoms with van der Waals surface area (Å²) >= 11 is 0. The Kier molecular flexibility index (Phi) is 3.54. The second kappa shape index (κ2) is 4.46. The number of carbonyl (C=O) groups excluding carboxylic acids is 1. The van der Waals surface area contributed by atoms with Crippen molar-refractivity contribution in [3.8, 4) is 0 Å². The third-order valence-electron chi connectivity index (χ3n) is 2.28. The predicted octanol–water partition coefficient (Wildman–Crippen LogP) is 1.30. The fraction of sp³-hybridized carbons (Fsp3) is 0.889. The molecule has 1 rings (SSSR count). The second-order valence-corrected chi connectivity index (χ2v) is 3.52. The molecule has 0 saturated carbocycles. The largest absolute Gasteiger partial charge is 0.450 e. The van der Waals surface area contributed by atoms with E-state index in [4.69, 9.17) is 9.47 Å². The van der Waals surface area contributed by atoms with E-state index in [1.807, 2.05) is 6.92 Å². The number of amides is 1. The summed E-state index contributed by atoms with van der Waals surface area (Å²) < 4.78 is 10.0. The van der Waals surface area contributed by atoms with E-state index in [-0.39, 0.29) is 11.6 Å². The Balaban J connectivity index is 2.36. The molecule has 4 heteroatoms. The van der Waals surface area contributed by atoms with Gasteiger partial charge in [0.15, 0.2) is 0 Å². The minimum Gasteiger partial charge on any atom is -0.450 e. The van der Waals surface area contributed by atoms with Gasteiger partial charge in [-0.1, -0.05) is 0 Å². The number of alkyl carbamates (subject to hydrolysis) is 1. The maximum absolute atomic E-state index is 11.1. The summed E-state index contributed by atoms with van der Waals surface area (Å²) in [6, 6.07) is 0. The summed E-state index contributed by atoms with van der Waals surface area (Å²) in [5.74, 6) is 0. The average Bonchev–Trinajstić information content (AvgIpc) is 2.04. The van der Waals surface area contributed by atoms with Gasteiger partial charge in [0, 0.05) is 18.8 Å². The molecule has 4 nitrogen and oxygen atoms in total. The maximum Gasteiger partial charge on any atom is 0.407 e. The van der Waals surface area contributed by atoms with Crippen molar-refractivity contribution in [2.45, 2.75) is 32.2 Å². The van der Waals surface area contributed by atoms with E-state index >= 15 is 0 Å². The topological polar surface area (TPSA) is 47.6 Å². The van der Waals surface area contributed by atoms with E-state index in [9.17, 15) is 4.79 Å². The molecule has 1 heterocycles. The SMILES string of the molecule is CCOC(=O)NC1(C)CCOCC1. The number of hydrogen-bond acceptors (Lipinski definition) is 3. The van der Waals surface area contributed by atoms with Gasteiger partial charge in [0.25, 0.3) is 0 Å². The van der Waals surface area contributed by atoms with Gasteiger partial charge in [-0.15, -0.1) is 0 Å². The van der Waals surface area contributed by atoms with Gasteiger partial charge in [-0.3, -0.25) is 0 Å². The molecule has 0 aromatic rings. The van der Waals surface area contributed by atoms with Gasteiger partial charge >= 0.3 is 6.09 Å². The van der Waals surface area contributed by atoms with Crippen LogP contribution in [0.2, 0.25) is 0 Å². The number of carbonyl (C=O) groups is 1. The van der Waals surface area contributed by atoms with Crippen LogP contribution in [0.15, 0.2) is 0 Å². The summed E-state index contributed by atoms with van der Waals surface area (Å²) in [6.07, 6.45) is 1.38.